The first kappa shape index (κ1) is 16.1. The van der Waals surface area contributed by atoms with Gasteiger partial charge in [-0.15, -0.1) is 11.3 Å². The molecule has 0 saturated carbocycles. The molecule has 0 bridgehead atoms. The number of rotatable bonds is 4. The number of hydrogen-bond acceptors (Lipinski definition) is 7. The van der Waals surface area contributed by atoms with E-state index < -0.39 is 27.2 Å². The molecule has 1 N–H and O–H groups in total. The summed E-state index contributed by atoms with van der Waals surface area (Å²) in [6.45, 7) is 0. The Bertz CT molecular complexity index is 1090. The maximum Gasteiger partial charge on any atom is 0.351 e. The number of nitrogens with zero attached hydrogens (tertiary/aromatic N) is 2. The molecule has 0 fully saturated rings. The van der Waals surface area contributed by atoms with Crippen molar-refractivity contribution in [3.8, 4) is 0 Å². The van der Waals surface area contributed by atoms with Crippen molar-refractivity contribution >= 4 is 42.6 Å². The summed E-state index contributed by atoms with van der Waals surface area (Å²) in [5.41, 5.74) is -1.36. The van der Waals surface area contributed by atoms with Crippen LogP contribution in [0.25, 0.3) is 10.3 Å². The molecule has 3 heterocycles. The molecule has 3 aromatic heterocycles. The molecule has 0 unspecified atom stereocenters. The quantitative estimate of drug-likeness (QED) is 0.747. The molecule has 10 heteroatoms. The molecule has 0 aliphatic rings. The second kappa shape index (κ2) is 5.73. The molecule has 3 aromatic rings. The summed E-state index contributed by atoms with van der Waals surface area (Å²) in [5, 5.41) is 9.24. The van der Waals surface area contributed by atoms with E-state index in [9.17, 15) is 18.0 Å². The normalized spacial score (nSPS) is 11.5. The fraction of sp³-hybridized carbons (Fsp3) is 0.0714. The smallest absolute Gasteiger partial charge is 0.351 e. The zero-order valence-corrected chi connectivity index (χ0v) is 13.8. The van der Waals surface area contributed by atoms with Gasteiger partial charge in [0.15, 0.2) is 5.58 Å². The predicted molar refractivity (Wildman–Crippen MR) is 87.1 cm³/mol. The van der Waals surface area contributed by atoms with Crippen LogP contribution in [0.2, 0.25) is 0 Å². The van der Waals surface area contributed by atoms with Crippen LogP contribution in [0.1, 0.15) is 10.4 Å². The summed E-state index contributed by atoms with van der Waals surface area (Å²) in [5.74, 6) is -1.40. The Morgan fingerprint density at radius 3 is 2.58 bits per heavy atom. The Morgan fingerprint density at radius 1 is 1.29 bits per heavy atom. The highest BCUT2D eigenvalue weighted by Gasteiger charge is 2.24. The molecule has 3 rings (SSSR count). The van der Waals surface area contributed by atoms with Crippen LogP contribution in [0.15, 0.2) is 50.8 Å². The SMILES string of the molecule is CN(c1cc2oc(=O)c(C(=O)O)cc2s1)S(=O)(=O)c1ccncc1. The molecule has 24 heavy (non-hydrogen) atoms. The third kappa shape index (κ3) is 2.65. The molecule has 8 nitrogen and oxygen atoms in total. The Hall–Kier alpha value is -2.72. The van der Waals surface area contributed by atoms with Gasteiger partial charge in [0.25, 0.3) is 10.0 Å². The topological polar surface area (TPSA) is 118 Å². The molecule has 0 spiro atoms. The van der Waals surface area contributed by atoms with Gasteiger partial charge in [-0.05, 0) is 18.2 Å². The largest absolute Gasteiger partial charge is 0.477 e. The number of carbonyl (C=O) groups is 1. The number of anilines is 1. The number of aromatic nitrogens is 1. The van der Waals surface area contributed by atoms with Crippen molar-refractivity contribution < 1.29 is 22.7 Å². The van der Waals surface area contributed by atoms with Gasteiger partial charge in [0, 0.05) is 25.5 Å². The summed E-state index contributed by atoms with van der Waals surface area (Å²) >= 11 is 1.00. The van der Waals surface area contributed by atoms with Gasteiger partial charge in [0.1, 0.15) is 10.6 Å². The van der Waals surface area contributed by atoms with Gasteiger partial charge in [-0.2, -0.15) is 0 Å². The number of fused-ring (bicyclic) bond motifs is 1. The van der Waals surface area contributed by atoms with E-state index in [2.05, 4.69) is 4.98 Å². The number of thiophene rings is 1. The zero-order valence-electron chi connectivity index (χ0n) is 12.2. The van der Waals surface area contributed by atoms with Gasteiger partial charge in [-0.1, -0.05) is 0 Å². The number of hydrogen-bond donors (Lipinski definition) is 1. The lowest BCUT2D eigenvalue weighted by molar-refractivity contribution is 0.0692. The summed E-state index contributed by atoms with van der Waals surface area (Å²) < 4.78 is 31.5. The van der Waals surface area contributed by atoms with Crippen LogP contribution in [0.4, 0.5) is 5.00 Å². The lowest BCUT2D eigenvalue weighted by atomic mass is 10.3. The third-order valence-electron chi connectivity index (χ3n) is 3.26. The summed E-state index contributed by atoms with van der Waals surface area (Å²) in [6.07, 6.45) is 2.73. The van der Waals surface area contributed by atoms with E-state index >= 15 is 0 Å². The van der Waals surface area contributed by atoms with E-state index in [1.807, 2.05) is 0 Å². The molecular weight excluding hydrogens is 356 g/mol. The average Bonchev–Trinajstić information content (AvgIpc) is 2.96. The second-order valence-electron chi connectivity index (χ2n) is 4.72. The van der Waals surface area contributed by atoms with Crippen molar-refractivity contribution in [2.45, 2.75) is 4.90 Å². The lowest BCUT2D eigenvalue weighted by Crippen LogP contribution is -2.25. The van der Waals surface area contributed by atoms with Crippen molar-refractivity contribution in [2.75, 3.05) is 11.4 Å². The summed E-state index contributed by atoms with van der Waals surface area (Å²) in [7, 11) is -2.45. The fourth-order valence-electron chi connectivity index (χ4n) is 1.99. The van der Waals surface area contributed by atoms with Crippen LogP contribution in [0, 0.1) is 0 Å². The summed E-state index contributed by atoms with van der Waals surface area (Å²) in [6, 6.07) is 5.28. The minimum Gasteiger partial charge on any atom is -0.477 e. The molecule has 0 aliphatic heterocycles. The second-order valence-corrected chi connectivity index (χ2v) is 7.75. The number of carboxylic acids is 1. The van der Waals surface area contributed by atoms with E-state index in [0.717, 1.165) is 15.6 Å². The van der Waals surface area contributed by atoms with Gasteiger partial charge in [-0.3, -0.25) is 9.29 Å². The zero-order chi connectivity index (χ0) is 17.5. The summed E-state index contributed by atoms with van der Waals surface area (Å²) in [4.78, 5) is 26.4. The van der Waals surface area contributed by atoms with Crippen molar-refractivity contribution in [2.24, 2.45) is 0 Å². The van der Waals surface area contributed by atoms with Crippen LogP contribution in [-0.2, 0) is 10.0 Å². The molecule has 0 atom stereocenters. The van der Waals surface area contributed by atoms with Gasteiger partial charge >= 0.3 is 11.6 Å². The molecule has 0 saturated heterocycles. The Labute approximate surface area is 139 Å². The Morgan fingerprint density at radius 2 is 1.96 bits per heavy atom. The first-order valence-corrected chi connectivity index (χ1v) is 8.76. The van der Waals surface area contributed by atoms with Crippen LogP contribution in [0.3, 0.4) is 0 Å². The molecule has 0 amide bonds. The van der Waals surface area contributed by atoms with E-state index in [4.69, 9.17) is 9.52 Å². The molecule has 0 radical (unpaired) electrons. The van der Waals surface area contributed by atoms with Gasteiger partial charge in [-0.25, -0.2) is 18.0 Å². The van der Waals surface area contributed by atoms with Crippen molar-refractivity contribution in [3.05, 3.63) is 52.6 Å². The van der Waals surface area contributed by atoms with E-state index in [1.165, 1.54) is 43.7 Å². The Kier molecular flexibility index (Phi) is 3.85. The minimum absolute atomic E-state index is 0.0603. The first-order chi connectivity index (χ1) is 11.3. The fourth-order valence-corrected chi connectivity index (χ4v) is 4.37. The molecule has 124 valence electrons. The number of aromatic carboxylic acids is 1. The van der Waals surface area contributed by atoms with Crippen LogP contribution < -0.4 is 9.93 Å². The number of carboxylic acid groups (broad SMARTS) is 1. The monoisotopic (exact) mass is 366 g/mol. The lowest BCUT2D eigenvalue weighted by Gasteiger charge is -2.16. The number of sulfonamides is 1. The highest BCUT2D eigenvalue weighted by molar-refractivity contribution is 7.93. The van der Waals surface area contributed by atoms with Gasteiger partial charge in [0.2, 0.25) is 0 Å². The highest BCUT2D eigenvalue weighted by Crippen LogP contribution is 2.34. The van der Waals surface area contributed by atoms with Crippen LogP contribution in [0.5, 0.6) is 0 Å². The standard InChI is InChI=1S/C14H10N2O6S2/c1-16(24(20,21)8-2-4-15-5-3-8)12-7-10-11(23-12)6-9(13(17)18)14(19)22-10/h2-7H,1H3,(H,17,18). The van der Waals surface area contributed by atoms with E-state index in [-0.39, 0.29) is 15.5 Å². The predicted octanol–water partition coefficient (Wildman–Crippen LogP) is 1.77. The van der Waals surface area contributed by atoms with Crippen molar-refractivity contribution in [1.29, 1.82) is 0 Å². The minimum atomic E-state index is -3.81. The number of pyridine rings is 1. The van der Waals surface area contributed by atoms with Crippen molar-refractivity contribution in [3.63, 3.8) is 0 Å². The maximum atomic E-state index is 12.6. The van der Waals surface area contributed by atoms with Gasteiger partial charge < -0.3 is 9.52 Å². The highest BCUT2D eigenvalue weighted by atomic mass is 32.2. The van der Waals surface area contributed by atoms with Gasteiger partial charge in [0.05, 0.1) is 9.60 Å². The third-order valence-corrected chi connectivity index (χ3v) is 6.30. The average molecular weight is 366 g/mol. The molecular formula is C14H10N2O6S2. The first-order valence-electron chi connectivity index (χ1n) is 6.50. The van der Waals surface area contributed by atoms with E-state index in [0.29, 0.717) is 4.70 Å². The van der Waals surface area contributed by atoms with E-state index in [1.54, 1.807) is 0 Å². The van der Waals surface area contributed by atoms with Crippen molar-refractivity contribution in [1.82, 2.24) is 4.98 Å². The van der Waals surface area contributed by atoms with Crippen LogP contribution >= 0.6 is 11.3 Å². The Balaban J connectivity index is 2.10. The maximum absolute atomic E-state index is 12.6. The van der Waals surface area contributed by atoms with Crippen LogP contribution in [-0.4, -0.2) is 31.5 Å². The molecule has 0 aromatic carbocycles. The molecule has 0 aliphatic carbocycles.